The lowest BCUT2D eigenvalue weighted by atomic mass is 9.99. The zero-order valence-electron chi connectivity index (χ0n) is 8.25. The van der Waals surface area contributed by atoms with Crippen molar-refractivity contribution in [3.63, 3.8) is 0 Å². The maximum Gasteiger partial charge on any atom is 0.448 e. The van der Waals surface area contributed by atoms with Crippen LogP contribution in [0.2, 0.25) is 6.82 Å². The lowest BCUT2D eigenvalue weighted by molar-refractivity contribution is 0.417. The van der Waals surface area contributed by atoms with E-state index in [0.29, 0.717) is 0 Å². The van der Waals surface area contributed by atoms with E-state index in [0.717, 1.165) is 0 Å². The fraction of sp³-hybridized carbons (Fsp3) is 0.222. The van der Waals surface area contributed by atoms with Crippen molar-refractivity contribution in [2.75, 3.05) is 0 Å². The summed E-state index contributed by atoms with van der Waals surface area (Å²) >= 11 is 0. The van der Waals surface area contributed by atoms with Crippen LogP contribution >= 0.6 is 0 Å². The van der Waals surface area contributed by atoms with Gasteiger partial charge in [0, 0.05) is 12.4 Å². The Hall–Kier alpha value is -1.33. The predicted molar refractivity (Wildman–Crippen MR) is 56.8 cm³/mol. The highest BCUT2D eigenvalue weighted by molar-refractivity contribution is 6.38. The topological polar surface area (TPSA) is 58.3 Å². The van der Waals surface area contributed by atoms with Gasteiger partial charge in [-0.1, -0.05) is 18.2 Å². The first-order valence-electron chi connectivity index (χ1n) is 4.34. The first-order valence-corrected chi connectivity index (χ1v) is 4.34. The van der Waals surface area contributed by atoms with Crippen LogP contribution in [0, 0.1) is 0 Å². The van der Waals surface area contributed by atoms with Crippen LogP contribution in [-0.2, 0) is 7.05 Å². The molecule has 2 N–H and O–H groups in total. The average molecular weight is 192 g/mol. The number of para-hydroxylation sites is 1. The van der Waals surface area contributed by atoms with Crippen molar-refractivity contribution in [2.24, 2.45) is 7.05 Å². The largest absolute Gasteiger partial charge is 0.448 e. The Balaban J connectivity index is 0.000000213. The molecule has 1 aromatic carbocycles. The number of hydrogen-bond acceptors (Lipinski definition) is 3. The van der Waals surface area contributed by atoms with Crippen LogP contribution in [0.5, 0.6) is 0 Å². The van der Waals surface area contributed by atoms with Gasteiger partial charge in [0.05, 0.1) is 11.7 Å². The van der Waals surface area contributed by atoms with Gasteiger partial charge in [-0.25, -0.2) is 0 Å². The summed E-state index contributed by atoms with van der Waals surface area (Å²) in [6, 6.07) is 8.15. The minimum atomic E-state index is -1.17. The number of aryl methyl sites for hydroxylation is 1. The normalized spacial score (nSPS) is 9.43. The summed E-state index contributed by atoms with van der Waals surface area (Å²) in [5.74, 6) is 0. The lowest BCUT2D eigenvalue weighted by Gasteiger charge is -1.90. The quantitative estimate of drug-likeness (QED) is 0.603. The molecule has 0 unspecified atom stereocenters. The fourth-order valence-corrected chi connectivity index (χ4v) is 1.10. The molecule has 14 heavy (non-hydrogen) atoms. The molecule has 1 aromatic heterocycles. The van der Waals surface area contributed by atoms with Gasteiger partial charge in [-0.3, -0.25) is 4.68 Å². The Labute approximate surface area is 82.9 Å². The monoisotopic (exact) mass is 192 g/mol. The molecule has 2 rings (SSSR count). The van der Waals surface area contributed by atoms with Gasteiger partial charge in [-0.15, -0.1) is 0 Å². The third kappa shape index (κ3) is 2.87. The number of hydrogen-bond donors (Lipinski definition) is 2. The maximum atomic E-state index is 7.61. The molecule has 5 heteroatoms. The molecule has 0 radical (unpaired) electrons. The molecule has 0 amide bonds. The summed E-state index contributed by atoms with van der Waals surface area (Å²) in [7, 11) is 0.780. The Morgan fingerprint density at radius 3 is 2.43 bits per heavy atom. The summed E-state index contributed by atoms with van der Waals surface area (Å²) < 4.78 is 1.87. The van der Waals surface area contributed by atoms with Crippen molar-refractivity contribution in [1.82, 2.24) is 9.78 Å². The average Bonchev–Trinajstić information content (AvgIpc) is 2.48. The molecule has 74 valence electrons. The van der Waals surface area contributed by atoms with E-state index in [1.165, 1.54) is 17.7 Å². The third-order valence-electron chi connectivity index (χ3n) is 1.66. The molecule has 2 aromatic rings. The van der Waals surface area contributed by atoms with Crippen molar-refractivity contribution >= 4 is 18.0 Å². The Morgan fingerprint density at radius 2 is 1.86 bits per heavy atom. The van der Waals surface area contributed by atoms with E-state index < -0.39 is 7.12 Å². The van der Waals surface area contributed by atoms with Crippen LogP contribution in [0.4, 0.5) is 0 Å². The van der Waals surface area contributed by atoms with Gasteiger partial charge in [0.2, 0.25) is 0 Å². The standard InChI is InChI=1S/C8H8N2.CH5BO2/c1-10-8-5-3-2-4-7(8)6-9-10;1-2(3)4/h2-6H,1H3;3-4H,1H3. The maximum absolute atomic E-state index is 7.61. The first kappa shape index (κ1) is 10.8. The number of nitrogens with zero attached hydrogens (tertiary/aromatic N) is 2. The minimum absolute atomic E-state index is 1.17. The highest BCUT2D eigenvalue weighted by Gasteiger charge is 1.93. The van der Waals surface area contributed by atoms with E-state index in [4.69, 9.17) is 10.0 Å². The molecule has 0 aliphatic rings. The Kier molecular flexibility index (Phi) is 3.68. The number of benzene rings is 1. The summed E-state index contributed by atoms with van der Waals surface area (Å²) in [6.07, 6.45) is 1.87. The van der Waals surface area contributed by atoms with Crippen LogP contribution in [-0.4, -0.2) is 26.9 Å². The molecule has 0 saturated carbocycles. The second-order valence-corrected chi connectivity index (χ2v) is 2.96. The van der Waals surface area contributed by atoms with Gasteiger partial charge in [0.15, 0.2) is 0 Å². The van der Waals surface area contributed by atoms with E-state index in [2.05, 4.69) is 17.2 Å². The molecule has 4 nitrogen and oxygen atoms in total. The van der Waals surface area contributed by atoms with Gasteiger partial charge in [-0.2, -0.15) is 5.10 Å². The second-order valence-electron chi connectivity index (χ2n) is 2.96. The summed E-state index contributed by atoms with van der Waals surface area (Å²) in [5, 5.41) is 20.5. The molecule has 0 atom stereocenters. The zero-order chi connectivity index (χ0) is 10.6. The molecule has 0 bridgehead atoms. The van der Waals surface area contributed by atoms with Crippen molar-refractivity contribution < 1.29 is 10.0 Å². The highest BCUT2D eigenvalue weighted by atomic mass is 16.4. The van der Waals surface area contributed by atoms with Crippen molar-refractivity contribution in [2.45, 2.75) is 6.82 Å². The summed E-state index contributed by atoms with van der Waals surface area (Å²) in [4.78, 5) is 0. The molecular formula is C9H13BN2O2. The van der Waals surface area contributed by atoms with Crippen LogP contribution in [0.1, 0.15) is 0 Å². The van der Waals surface area contributed by atoms with E-state index in [9.17, 15) is 0 Å². The predicted octanol–water partition coefficient (Wildman–Crippen LogP) is 0.662. The molecule has 1 heterocycles. The lowest BCUT2D eigenvalue weighted by Crippen LogP contribution is -2.00. The second kappa shape index (κ2) is 4.78. The molecule has 0 aliphatic heterocycles. The van der Waals surface area contributed by atoms with E-state index in [1.807, 2.05) is 30.1 Å². The van der Waals surface area contributed by atoms with Gasteiger partial charge in [0.1, 0.15) is 0 Å². The third-order valence-corrected chi connectivity index (χ3v) is 1.66. The van der Waals surface area contributed by atoms with Gasteiger partial charge < -0.3 is 10.0 Å². The number of aromatic nitrogens is 2. The molecule has 0 aliphatic carbocycles. The van der Waals surface area contributed by atoms with E-state index in [1.54, 1.807) is 0 Å². The number of rotatable bonds is 0. The van der Waals surface area contributed by atoms with Gasteiger partial charge in [0.25, 0.3) is 0 Å². The molecular weight excluding hydrogens is 179 g/mol. The van der Waals surface area contributed by atoms with Gasteiger partial charge in [-0.05, 0) is 12.9 Å². The van der Waals surface area contributed by atoms with Gasteiger partial charge >= 0.3 is 7.12 Å². The van der Waals surface area contributed by atoms with Crippen LogP contribution in [0.3, 0.4) is 0 Å². The SMILES string of the molecule is CB(O)O.Cn1ncc2ccccc21. The van der Waals surface area contributed by atoms with E-state index >= 15 is 0 Å². The Morgan fingerprint density at radius 1 is 1.29 bits per heavy atom. The van der Waals surface area contributed by atoms with Crippen molar-refractivity contribution in [1.29, 1.82) is 0 Å². The molecule has 0 fully saturated rings. The molecule has 0 spiro atoms. The fourth-order valence-electron chi connectivity index (χ4n) is 1.10. The smallest absolute Gasteiger partial charge is 0.427 e. The summed E-state index contributed by atoms with van der Waals surface area (Å²) in [6.45, 7) is 1.28. The highest BCUT2D eigenvalue weighted by Crippen LogP contribution is 2.09. The zero-order valence-corrected chi connectivity index (χ0v) is 8.25. The minimum Gasteiger partial charge on any atom is -0.427 e. The molecule has 0 saturated heterocycles. The number of fused-ring (bicyclic) bond motifs is 1. The summed E-state index contributed by atoms with van der Waals surface area (Å²) in [5.41, 5.74) is 1.18. The van der Waals surface area contributed by atoms with E-state index in [-0.39, 0.29) is 0 Å². The van der Waals surface area contributed by atoms with Crippen molar-refractivity contribution in [3.05, 3.63) is 30.5 Å². The van der Waals surface area contributed by atoms with Crippen LogP contribution in [0.15, 0.2) is 30.5 Å². The first-order chi connectivity index (χ1) is 6.61. The Bertz CT molecular complexity index is 398. The van der Waals surface area contributed by atoms with Crippen LogP contribution in [0.25, 0.3) is 10.9 Å². The van der Waals surface area contributed by atoms with Crippen LogP contribution < -0.4 is 0 Å². The van der Waals surface area contributed by atoms with Crippen molar-refractivity contribution in [3.8, 4) is 0 Å².